The zero-order valence-corrected chi connectivity index (χ0v) is 12.6. The molecule has 0 aromatic heterocycles. The van der Waals surface area contributed by atoms with Gasteiger partial charge in [0, 0.05) is 19.4 Å². The summed E-state index contributed by atoms with van der Waals surface area (Å²) in [6.07, 6.45) is 8.00. The number of unbranched alkanes of at least 4 members (excludes halogenated alkanes) is 6. The van der Waals surface area contributed by atoms with Gasteiger partial charge in [-0.25, -0.2) is 0 Å². The Labute approximate surface area is 116 Å². The number of rotatable bonds is 12. The lowest BCUT2D eigenvalue weighted by atomic mass is 10.0. The van der Waals surface area contributed by atoms with Crippen LogP contribution >= 0.6 is 0 Å². The Morgan fingerprint density at radius 3 is 2.11 bits per heavy atom. The van der Waals surface area contributed by atoms with E-state index >= 15 is 0 Å². The zero-order valence-electron chi connectivity index (χ0n) is 11.8. The van der Waals surface area contributed by atoms with E-state index in [1.807, 2.05) is 0 Å². The Hall–Kier alpha value is -0.460. The number of carbonyl (C=O) groups excluding carboxylic acids is 1. The summed E-state index contributed by atoms with van der Waals surface area (Å²) in [5.41, 5.74) is 5.24. The Bertz CT molecular complexity index is 341. The van der Waals surface area contributed by atoms with Crippen LogP contribution in [-0.2, 0) is 14.9 Å². The van der Waals surface area contributed by atoms with Crippen molar-refractivity contribution in [3.05, 3.63) is 0 Å². The normalized spacial score (nSPS) is 13.4. The van der Waals surface area contributed by atoms with Gasteiger partial charge >= 0.3 is 0 Å². The molecule has 0 aromatic carbocycles. The monoisotopic (exact) mass is 293 g/mol. The summed E-state index contributed by atoms with van der Waals surface area (Å²) in [6, 6.07) is 0. The summed E-state index contributed by atoms with van der Waals surface area (Å²) in [6.45, 7) is 1.95. The first-order chi connectivity index (χ1) is 8.91. The molecule has 19 heavy (non-hydrogen) atoms. The maximum Gasteiger partial charge on any atom is 0.269 e. The molecule has 6 heteroatoms. The minimum absolute atomic E-state index is 0.137. The van der Waals surface area contributed by atoms with Crippen LogP contribution < -0.4 is 5.73 Å². The molecule has 0 fully saturated rings. The Balaban J connectivity index is 3.70. The average Bonchev–Trinajstić information content (AvgIpc) is 2.33. The Kier molecular flexibility index (Phi) is 10.1. The highest BCUT2D eigenvalue weighted by Gasteiger charge is 2.23. The van der Waals surface area contributed by atoms with E-state index in [2.05, 4.69) is 6.92 Å². The molecule has 0 rings (SSSR count). The van der Waals surface area contributed by atoms with Gasteiger partial charge in [0.05, 0.1) is 0 Å². The quantitative estimate of drug-likeness (QED) is 0.425. The van der Waals surface area contributed by atoms with Gasteiger partial charge in [-0.05, 0) is 6.42 Å². The van der Waals surface area contributed by atoms with E-state index in [0.29, 0.717) is 6.42 Å². The van der Waals surface area contributed by atoms with Crippen LogP contribution in [0.1, 0.15) is 64.7 Å². The third-order valence-corrected chi connectivity index (χ3v) is 4.40. The summed E-state index contributed by atoms with van der Waals surface area (Å²) in [4.78, 5) is 11.6. The highest BCUT2D eigenvalue weighted by molar-refractivity contribution is 7.86. The molecule has 0 amide bonds. The highest BCUT2D eigenvalue weighted by Crippen LogP contribution is 2.11. The topological polar surface area (TPSA) is 97.5 Å². The number of carbonyl (C=O) groups is 1. The first-order valence-electron chi connectivity index (χ1n) is 7.09. The minimum Gasteiger partial charge on any atom is -0.329 e. The molecule has 0 heterocycles. The van der Waals surface area contributed by atoms with E-state index in [0.717, 1.165) is 19.3 Å². The van der Waals surface area contributed by atoms with Crippen LogP contribution in [0.5, 0.6) is 0 Å². The predicted molar refractivity (Wildman–Crippen MR) is 76.6 cm³/mol. The van der Waals surface area contributed by atoms with E-state index in [1.165, 1.54) is 25.7 Å². The van der Waals surface area contributed by atoms with Crippen LogP contribution in [-0.4, -0.2) is 30.5 Å². The van der Waals surface area contributed by atoms with E-state index < -0.39 is 15.4 Å². The molecule has 0 aliphatic carbocycles. The molecule has 0 bridgehead atoms. The lowest BCUT2D eigenvalue weighted by Gasteiger charge is -2.10. The maximum absolute atomic E-state index is 11.6. The first kappa shape index (κ1) is 18.5. The predicted octanol–water partition coefficient (Wildman–Crippen LogP) is 2.30. The van der Waals surface area contributed by atoms with Gasteiger partial charge in [-0.1, -0.05) is 45.4 Å². The smallest absolute Gasteiger partial charge is 0.269 e. The van der Waals surface area contributed by atoms with Gasteiger partial charge < -0.3 is 5.73 Å². The van der Waals surface area contributed by atoms with E-state index in [-0.39, 0.29) is 18.7 Å². The molecule has 0 aliphatic rings. The molecule has 1 unspecified atom stereocenters. The van der Waals surface area contributed by atoms with Crippen molar-refractivity contribution >= 4 is 15.9 Å². The summed E-state index contributed by atoms with van der Waals surface area (Å²) in [5, 5.41) is -1.15. The van der Waals surface area contributed by atoms with Crippen LogP contribution in [0.4, 0.5) is 0 Å². The molecule has 1 atom stereocenters. The van der Waals surface area contributed by atoms with Gasteiger partial charge in [0.1, 0.15) is 11.0 Å². The third kappa shape index (κ3) is 10.0. The van der Waals surface area contributed by atoms with Crippen molar-refractivity contribution in [2.75, 3.05) is 6.54 Å². The number of nitrogens with two attached hydrogens (primary N) is 1. The summed E-state index contributed by atoms with van der Waals surface area (Å²) < 4.78 is 30.7. The van der Waals surface area contributed by atoms with E-state index in [9.17, 15) is 13.2 Å². The van der Waals surface area contributed by atoms with Gasteiger partial charge in [-0.3, -0.25) is 9.35 Å². The number of hydrogen-bond acceptors (Lipinski definition) is 4. The molecule has 0 saturated carbocycles. The first-order valence-corrected chi connectivity index (χ1v) is 8.60. The number of hydrogen-bond donors (Lipinski definition) is 2. The van der Waals surface area contributed by atoms with Crippen molar-refractivity contribution in [2.45, 2.75) is 70.0 Å². The van der Waals surface area contributed by atoms with Crippen molar-refractivity contribution < 1.29 is 17.8 Å². The van der Waals surface area contributed by atoms with Gasteiger partial charge in [0.15, 0.2) is 0 Å². The average molecular weight is 293 g/mol. The van der Waals surface area contributed by atoms with Gasteiger partial charge in [-0.15, -0.1) is 0 Å². The second-order valence-electron chi connectivity index (χ2n) is 4.99. The molecule has 0 aliphatic heterocycles. The standard InChI is InChI=1S/C13H27NO4S/c1-2-3-4-5-6-7-8-9-12(15)10-13(11-14)19(16,17)18/h13H,2-11,14H2,1H3,(H,16,17,18). The zero-order chi connectivity index (χ0) is 14.7. The van der Waals surface area contributed by atoms with Crippen molar-refractivity contribution in [3.8, 4) is 0 Å². The van der Waals surface area contributed by atoms with Crippen molar-refractivity contribution in [1.29, 1.82) is 0 Å². The van der Waals surface area contributed by atoms with Gasteiger partial charge in [0.25, 0.3) is 10.1 Å². The molecular weight excluding hydrogens is 266 g/mol. The maximum atomic E-state index is 11.6. The van der Waals surface area contributed by atoms with Crippen molar-refractivity contribution in [2.24, 2.45) is 5.73 Å². The number of ketones is 1. The van der Waals surface area contributed by atoms with Crippen LogP contribution in [0, 0.1) is 0 Å². The van der Waals surface area contributed by atoms with E-state index in [4.69, 9.17) is 10.3 Å². The fourth-order valence-electron chi connectivity index (χ4n) is 1.95. The largest absolute Gasteiger partial charge is 0.329 e. The lowest BCUT2D eigenvalue weighted by Crippen LogP contribution is -2.31. The van der Waals surface area contributed by atoms with E-state index in [1.54, 1.807) is 0 Å². The molecule has 0 aromatic rings. The lowest BCUT2D eigenvalue weighted by molar-refractivity contribution is -0.119. The molecule has 5 nitrogen and oxygen atoms in total. The minimum atomic E-state index is -4.20. The second kappa shape index (κ2) is 10.3. The Morgan fingerprint density at radius 1 is 1.11 bits per heavy atom. The summed E-state index contributed by atoms with van der Waals surface area (Å²) >= 11 is 0. The van der Waals surface area contributed by atoms with Crippen LogP contribution in [0.15, 0.2) is 0 Å². The molecule has 0 radical (unpaired) electrons. The second-order valence-corrected chi connectivity index (χ2v) is 6.68. The molecular formula is C13H27NO4S. The fraction of sp³-hybridized carbons (Fsp3) is 0.923. The SMILES string of the molecule is CCCCCCCCCC(=O)CC(CN)S(=O)(=O)O. The van der Waals surface area contributed by atoms with Gasteiger partial charge in [-0.2, -0.15) is 8.42 Å². The molecule has 3 N–H and O–H groups in total. The molecule has 0 saturated heterocycles. The summed E-state index contributed by atoms with van der Waals surface area (Å²) in [7, 11) is -4.20. The molecule has 114 valence electrons. The highest BCUT2D eigenvalue weighted by atomic mass is 32.2. The van der Waals surface area contributed by atoms with Crippen LogP contribution in [0.25, 0.3) is 0 Å². The summed E-state index contributed by atoms with van der Waals surface area (Å²) in [5.74, 6) is -0.137. The number of Topliss-reactive ketones (excluding diaryl/α,β-unsaturated/α-hetero) is 1. The Morgan fingerprint density at radius 2 is 1.63 bits per heavy atom. The van der Waals surface area contributed by atoms with Crippen LogP contribution in [0.2, 0.25) is 0 Å². The fourth-order valence-corrected chi connectivity index (χ4v) is 2.59. The van der Waals surface area contributed by atoms with Crippen molar-refractivity contribution in [3.63, 3.8) is 0 Å². The van der Waals surface area contributed by atoms with Crippen molar-refractivity contribution in [1.82, 2.24) is 0 Å². The molecule has 0 spiro atoms. The van der Waals surface area contributed by atoms with Gasteiger partial charge in [0.2, 0.25) is 0 Å². The van der Waals surface area contributed by atoms with Crippen LogP contribution in [0.3, 0.4) is 0 Å². The third-order valence-electron chi connectivity index (χ3n) is 3.20.